The van der Waals surface area contributed by atoms with Crippen LogP contribution in [0, 0.1) is 17.1 Å². The molecule has 0 bridgehead atoms. The molecule has 4 heteroatoms. The predicted molar refractivity (Wildman–Crippen MR) is 77.3 cm³/mol. The van der Waals surface area contributed by atoms with Crippen molar-refractivity contribution in [3.8, 4) is 11.8 Å². The Kier molecular flexibility index (Phi) is 4.84. The number of ketones is 1. The maximum atomic E-state index is 12.8. The van der Waals surface area contributed by atoms with E-state index in [0.29, 0.717) is 11.3 Å². The lowest BCUT2D eigenvalue weighted by molar-refractivity contribution is 0.104. The number of ether oxygens (including phenoxy) is 1. The number of rotatable bonds is 5. The van der Waals surface area contributed by atoms with Crippen LogP contribution in [0.3, 0.4) is 0 Å². The van der Waals surface area contributed by atoms with Crippen molar-refractivity contribution < 1.29 is 13.9 Å². The lowest BCUT2D eigenvalue weighted by Gasteiger charge is -2.01. The van der Waals surface area contributed by atoms with Gasteiger partial charge < -0.3 is 4.74 Å². The topological polar surface area (TPSA) is 50.1 Å². The SMILES string of the molecule is N#CCOc1ccc(C(=O)/C=C/c2ccc(F)cc2)cc1. The summed E-state index contributed by atoms with van der Waals surface area (Å²) in [7, 11) is 0. The molecule has 0 N–H and O–H groups in total. The fraction of sp³-hybridized carbons (Fsp3) is 0.0588. The fourth-order valence-corrected chi connectivity index (χ4v) is 1.67. The summed E-state index contributed by atoms with van der Waals surface area (Å²) in [5, 5.41) is 8.40. The third-order valence-corrected chi connectivity index (χ3v) is 2.74. The average molecular weight is 281 g/mol. The molecule has 0 heterocycles. The molecule has 0 aromatic heterocycles. The highest BCUT2D eigenvalue weighted by atomic mass is 19.1. The Morgan fingerprint density at radius 2 is 1.81 bits per heavy atom. The van der Waals surface area contributed by atoms with Crippen molar-refractivity contribution in [3.63, 3.8) is 0 Å². The summed E-state index contributed by atoms with van der Waals surface area (Å²) in [6.45, 7) is -0.0300. The zero-order valence-corrected chi connectivity index (χ0v) is 11.1. The van der Waals surface area contributed by atoms with Gasteiger partial charge in [-0.05, 0) is 48.0 Å². The monoisotopic (exact) mass is 281 g/mol. The first-order valence-corrected chi connectivity index (χ1v) is 6.27. The number of halogens is 1. The molecule has 0 aliphatic rings. The van der Waals surface area contributed by atoms with E-state index in [0.717, 1.165) is 5.56 Å². The Bertz CT molecular complexity index is 682. The van der Waals surface area contributed by atoms with Crippen LogP contribution in [0.2, 0.25) is 0 Å². The Hall–Kier alpha value is -2.93. The number of nitrogens with zero attached hydrogens (tertiary/aromatic N) is 1. The Morgan fingerprint density at radius 3 is 2.43 bits per heavy atom. The number of allylic oxidation sites excluding steroid dienone is 1. The van der Waals surface area contributed by atoms with Gasteiger partial charge in [-0.25, -0.2) is 4.39 Å². The average Bonchev–Trinajstić information content (AvgIpc) is 2.52. The minimum absolute atomic E-state index is 0.0300. The molecule has 0 saturated heterocycles. The summed E-state index contributed by atoms with van der Waals surface area (Å²) in [5.74, 6) is 0.0632. The van der Waals surface area contributed by atoms with Crippen LogP contribution in [-0.2, 0) is 0 Å². The second-order valence-electron chi connectivity index (χ2n) is 4.22. The first-order chi connectivity index (χ1) is 10.2. The van der Waals surface area contributed by atoms with Gasteiger partial charge in [0.25, 0.3) is 0 Å². The minimum atomic E-state index is -0.313. The molecular formula is C17H12FNO2. The van der Waals surface area contributed by atoms with Crippen LogP contribution < -0.4 is 4.74 Å². The fourth-order valence-electron chi connectivity index (χ4n) is 1.67. The van der Waals surface area contributed by atoms with E-state index in [9.17, 15) is 9.18 Å². The molecule has 0 saturated carbocycles. The molecule has 2 rings (SSSR count). The normalized spacial score (nSPS) is 10.3. The standard InChI is InChI=1S/C17H12FNO2/c18-15-6-1-13(2-7-15)3-10-17(20)14-4-8-16(9-5-14)21-12-11-19/h1-10H,12H2/b10-3+. The zero-order valence-electron chi connectivity index (χ0n) is 11.1. The zero-order chi connectivity index (χ0) is 15.1. The van der Waals surface area contributed by atoms with Crippen LogP contribution in [0.25, 0.3) is 6.08 Å². The first kappa shape index (κ1) is 14.5. The van der Waals surface area contributed by atoms with Gasteiger partial charge >= 0.3 is 0 Å². The molecule has 0 fully saturated rings. The molecule has 2 aromatic rings. The van der Waals surface area contributed by atoms with Crippen molar-refractivity contribution >= 4 is 11.9 Å². The second-order valence-corrected chi connectivity index (χ2v) is 4.22. The molecule has 2 aromatic carbocycles. The third kappa shape index (κ3) is 4.29. The highest BCUT2D eigenvalue weighted by molar-refractivity contribution is 6.06. The van der Waals surface area contributed by atoms with Gasteiger partial charge in [0.15, 0.2) is 12.4 Å². The van der Waals surface area contributed by atoms with E-state index in [1.54, 1.807) is 42.5 Å². The second kappa shape index (κ2) is 7.01. The van der Waals surface area contributed by atoms with Crippen molar-refractivity contribution in [2.45, 2.75) is 0 Å². The van der Waals surface area contributed by atoms with Gasteiger partial charge in [0, 0.05) is 5.56 Å². The third-order valence-electron chi connectivity index (χ3n) is 2.74. The number of hydrogen-bond acceptors (Lipinski definition) is 3. The molecule has 104 valence electrons. The van der Waals surface area contributed by atoms with Crippen molar-refractivity contribution in [1.82, 2.24) is 0 Å². The summed E-state index contributed by atoms with van der Waals surface area (Å²) < 4.78 is 17.9. The van der Waals surface area contributed by atoms with Crippen molar-refractivity contribution in [2.24, 2.45) is 0 Å². The molecule has 0 radical (unpaired) electrons. The lowest BCUT2D eigenvalue weighted by atomic mass is 10.1. The summed E-state index contributed by atoms with van der Waals surface area (Å²) >= 11 is 0. The van der Waals surface area contributed by atoms with E-state index in [2.05, 4.69) is 0 Å². The molecule has 0 atom stereocenters. The van der Waals surface area contributed by atoms with Gasteiger partial charge in [-0.3, -0.25) is 4.79 Å². The summed E-state index contributed by atoms with van der Waals surface area (Å²) in [6.07, 6.45) is 3.06. The summed E-state index contributed by atoms with van der Waals surface area (Å²) in [5.41, 5.74) is 1.26. The maximum absolute atomic E-state index is 12.8. The van der Waals surface area contributed by atoms with E-state index in [-0.39, 0.29) is 18.2 Å². The quantitative estimate of drug-likeness (QED) is 0.621. The first-order valence-electron chi connectivity index (χ1n) is 6.27. The van der Waals surface area contributed by atoms with Gasteiger partial charge in [-0.15, -0.1) is 0 Å². The van der Waals surface area contributed by atoms with Crippen LogP contribution in [0.4, 0.5) is 4.39 Å². The number of hydrogen-bond donors (Lipinski definition) is 0. The predicted octanol–water partition coefficient (Wildman–Crippen LogP) is 3.62. The van der Waals surface area contributed by atoms with Gasteiger partial charge in [0.1, 0.15) is 17.6 Å². The Labute approximate surface area is 121 Å². The Morgan fingerprint density at radius 1 is 1.14 bits per heavy atom. The molecule has 0 spiro atoms. The molecule has 0 aliphatic carbocycles. The van der Waals surface area contributed by atoms with E-state index >= 15 is 0 Å². The smallest absolute Gasteiger partial charge is 0.185 e. The van der Waals surface area contributed by atoms with Crippen LogP contribution in [-0.4, -0.2) is 12.4 Å². The highest BCUT2D eigenvalue weighted by Gasteiger charge is 2.02. The van der Waals surface area contributed by atoms with E-state index in [4.69, 9.17) is 10.00 Å². The van der Waals surface area contributed by atoms with Crippen molar-refractivity contribution in [2.75, 3.05) is 6.61 Å². The molecule has 21 heavy (non-hydrogen) atoms. The summed E-state index contributed by atoms with van der Waals surface area (Å²) in [4.78, 5) is 12.0. The van der Waals surface area contributed by atoms with Crippen LogP contribution >= 0.6 is 0 Å². The largest absolute Gasteiger partial charge is 0.479 e. The molecule has 3 nitrogen and oxygen atoms in total. The van der Waals surface area contributed by atoms with E-state index in [1.807, 2.05) is 6.07 Å². The van der Waals surface area contributed by atoms with Crippen molar-refractivity contribution in [3.05, 3.63) is 71.6 Å². The summed E-state index contributed by atoms with van der Waals surface area (Å²) in [6, 6.07) is 14.3. The van der Waals surface area contributed by atoms with Gasteiger partial charge in [0.05, 0.1) is 0 Å². The van der Waals surface area contributed by atoms with Crippen LogP contribution in [0.5, 0.6) is 5.75 Å². The maximum Gasteiger partial charge on any atom is 0.185 e. The molecule has 0 amide bonds. The van der Waals surface area contributed by atoms with E-state index in [1.165, 1.54) is 18.2 Å². The Balaban J connectivity index is 2.03. The number of carbonyl (C=O) groups excluding carboxylic acids is 1. The number of benzene rings is 2. The number of carbonyl (C=O) groups is 1. The molecule has 0 aliphatic heterocycles. The molecule has 0 unspecified atom stereocenters. The van der Waals surface area contributed by atoms with E-state index < -0.39 is 0 Å². The molecular weight excluding hydrogens is 269 g/mol. The van der Waals surface area contributed by atoms with Crippen LogP contribution in [0.15, 0.2) is 54.6 Å². The minimum Gasteiger partial charge on any atom is -0.479 e. The van der Waals surface area contributed by atoms with Crippen LogP contribution in [0.1, 0.15) is 15.9 Å². The van der Waals surface area contributed by atoms with Gasteiger partial charge in [-0.1, -0.05) is 18.2 Å². The lowest BCUT2D eigenvalue weighted by Crippen LogP contribution is -1.96. The van der Waals surface area contributed by atoms with Gasteiger partial charge in [-0.2, -0.15) is 5.26 Å². The highest BCUT2D eigenvalue weighted by Crippen LogP contribution is 2.13. The van der Waals surface area contributed by atoms with Gasteiger partial charge in [0.2, 0.25) is 0 Å². The number of nitriles is 1. The van der Waals surface area contributed by atoms with Crippen molar-refractivity contribution in [1.29, 1.82) is 5.26 Å².